The minimum Gasteiger partial charge on any atom is -0.481 e. The van der Waals surface area contributed by atoms with Crippen molar-refractivity contribution in [3.05, 3.63) is 0 Å². The van der Waals surface area contributed by atoms with Crippen molar-refractivity contribution in [2.24, 2.45) is 17.2 Å². The zero-order valence-corrected chi connectivity index (χ0v) is 32.8. The van der Waals surface area contributed by atoms with Crippen molar-refractivity contribution in [3.8, 4) is 0 Å². The summed E-state index contributed by atoms with van der Waals surface area (Å²) in [5, 5.41) is 41.9. The number of aliphatic carboxylic acids is 3. The molecule has 15 N–H and O–H groups in total. The fourth-order valence-corrected chi connectivity index (χ4v) is 5.19. The number of unbranched alkanes of at least 4 members (excludes halogenated alkanes) is 3. The minimum atomic E-state index is -1.73. The topological polar surface area (TPSA) is 399 Å². The summed E-state index contributed by atoms with van der Waals surface area (Å²) < 4.78 is 0. The van der Waals surface area contributed by atoms with Gasteiger partial charge in [0.25, 0.3) is 0 Å². The van der Waals surface area contributed by atoms with Gasteiger partial charge in [0.15, 0.2) is 0 Å². The van der Waals surface area contributed by atoms with Crippen LogP contribution in [-0.2, 0) is 52.7 Å². The monoisotopic (exact) mass is 829 g/mol. The number of carboxylic acids is 3. The predicted octanol–water partition coefficient (Wildman–Crippen LogP) is -3.03. The number of carbonyl (C=O) groups is 11. The third-order valence-corrected chi connectivity index (χ3v) is 8.54. The highest BCUT2D eigenvalue weighted by Crippen LogP contribution is 2.10. The molecule has 0 bridgehead atoms. The number of nitrogens with one attached hydrogen (secondary N) is 6. The first kappa shape index (κ1) is 52.1. The highest BCUT2D eigenvalue weighted by molar-refractivity contribution is 5.97. The first-order valence-electron chi connectivity index (χ1n) is 19.0. The van der Waals surface area contributed by atoms with Crippen LogP contribution in [0, 0.1) is 0 Å². The average molecular weight is 830 g/mol. The molecule has 0 aromatic heterocycles. The Morgan fingerprint density at radius 3 is 1.17 bits per heavy atom. The van der Waals surface area contributed by atoms with E-state index in [2.05, 4.69) is 31.9 Å². The van der Waals surface area contributed by atoms with Crippen LogP contribution < -0.4 is 49.1 Å². The Bertz CT molecular complexity index is 1460. The lowest BCUT2D eigenvalue weighted by molar-refractivity contribution is -0.140. The van der Waals surface area contributed by atoms with Crippen molar-refractivity contribution in [1.29, 1.82) is 0 Å². The zero-order valence-electron chi connectivity index (χ0n) is 32.8. The van der Waals surface area contributed by atoms with Crippen LogP contribution >= 0.6 is 0 Å². The maximum atomic E-state index is 13.7. The van der Waals surface area contributed by atoms with E-state index in [1.54, 1.807) is 6.92 Å². The van der Waals surface area contributed by atoms with Crippen molar-refractivity contribution in [1.82, 2.24) is 31.9 Å². The molecule has 0 aromatic carbocycles. The Morgan fingerprint density at radius 1 is 0.466 bits per heavy atom. The van der Waals surface area contributed by atoms with Crippen LogP contribution in [0.5, 0.6) is 0 Å². The van der Waals surface area contributed by atoms with Crippen molar-refractivity contribution in [2.75, 3.05) is 6.54 Å². The van der Waals surface area contributed by atoms with Gasteiger partial charge in [-0.05, 0) is 58.4 Å². The standard InChI is InChI=1S/C35H59N9O14/c1-3-4-8-20(41-33(56)21(10-14-25(37)45)40-26(46)9-6-5-7-18-36)32(55)43-23(12-16-28(49)50)35(58)44-24(13-17-29(51)52)34(57)42-22(11-15-27(47)48)31(54)39-19(2)30(38)53/h19-24H,3-18,36H2,1-2H3,(H2,37,45)(H2,38,53)(H,39,54)(H,40,46)(H,41,56)(H,42,57)(H,43,55)(H,44,58)(H,47,48)(H,49,50)(H,51,52)/t19-,20-,21-,22-,23-,24-/m0/s1. The predicted molar refractivity (Wildman–Crippen MR) is 203 cm³/mol. The van der Waals surface area contributed by atoms with E-state index >= 15 is 0 Å². The fraction of sp³-hybridized carbons (Fsp3) is 0.686. The van der Waals surface area contributed by atoms with E-state index < -0.39 is 140 Å². The second-order valence-electron chi connectivity index (χ2n) is 13.5. The third kappa shape index (κ3) is 23.3. The van der Waals surface area contributed by atoms with Gasteiger partial charge in [-0.3, -0.25) is 52.7 Å². The smallest absolute Gasteiger partial charge is 0.303 e. The molecule has 6 atom stereocenters. The first-order valence-corrected chi connectivity index (χ1v) is 19.0. The Morgan fingerprint density at radius 2 is 0.828 bits per heavy atom. The summed E-state index contributed by atoms with van der Waals surface area (Å²) >= 11 is 0. The molecule has 8 amide bonds. The van der Waals surface area contributed by atoms with Gasteiger partial charge in [0.05, 0.1) is 0 Å². The van der Waals surface area contributed by atoms with Crippen LogP contribution in [0.3, 0.4) is 0 Å². The maximum absolute atomic E-state index is 13.7. The van der Waals surface area contributed by atoms with Crippen molar-refractivity contribution in [2.45, 2.75) is 146 Å². The summed E-state index contributed by atoms with van der Waals surface area (Å²) in [7, 11) is 0. The molecule has 23 heteroatoms. The molecule has 0 unspecified atom stereocenters. The van der Waals surface area contributed by atoms with Gasteiger partial charge in [0, 0.05) is 32.1 Å². The molecule has 328 valence electrons. The molecule has 0 saturated heterocycles. The van der Waals surface area contributed by atoms with Gasteiger partial charge in [-0.15, -0.1) is 0 Å². The lowest BCUT2D eigenvalue weighted by atomic mass is 10.0. The van der Waals surface area contributed by atoms with Gasteiger partial charge in [-0.2, -0.15) is 0 Å². The molecule has 0 heterocycles. The average Bonchev–Trinajstić information content (AvgIpc) is 3.14. The van der Waals surface area contributed by atoms with E-state index in [4.69, 9.17) is 22.3 Å². The number of carboxylic acid groups (broad SMARTS) is 3. The summed E-state index contributed by atoms with van der Waals surface area (Å²) in [5.41, 5.74) is 15.9. The lowest BCUT2D eigenvalue weighted by Crippen LogP contribution is -2.59. The zero-order chi connectivity index (χ0) is 44.4. The van der Waals surface area contributed by atoms with Crippen LogP contribution in [0.25, 0.3) is 0 Å². The number of primary amides is 2. The van der Waals surface area contributed by atoms with E-state index in [1.165, 1.54) is 6.92 Å². The number of rotatable bonds is 32. The number of hydrogen-bond donors (Lipinski definition) is 12. The van der Waals surface area contributed by atoms with Crippen molar-refractivity contribution >= 4 is 65.2 Å². The minimum absolute atomic E-state index is 0.00866. The normalized spacial score (nSPS) is 13.8. The molecule has 0 aliphatic rings. The van der Waals surface area contributed by atoms with Gasteiger partial charge in [0.1, 0.15) is 36.3 Å². The Balaban J connectivity index is 6.40. The number of carbonyl (C=O) groups excluding carboxylic acids is 8. The molecule has 0 saturated carbocycles. The SMILES string of the molecule is CCCC[C@H](NC(=O)[C@H](CCC(N)=O)NC(=O)CCCCCN)C(=O)N[C@@H](CCC(=O)O)C(=O)N[C@@H](CCC(=O)O)C(=O)N[C@@H](CCC(=O)O)C(=O)N[C@@H](C)C(N)=O. The van der Waals surface area contributed by atoms with Gasteiger partial charge < -0.3 is 64.4 Å². The molecule has 0 spiro atoms. The van der Waals surface area contributed by atoms with E-state index in [0.29, 0.717) is 38.6 Å². The van der Waals surface area contributed by atoms with Gasteiger partial charge in [-0.25, -0.2) is 0 Å². The molecular weight excluding hydrogens is 770 g/mol. The molecule has 0 radical (unpaired) electrons. The Kier molecular flexibility index (Phi) is 25.6. The van der Waals surface area contributed by atoms with E-state index in [-0.39, 0.29) is 25.7 Å². The number of amides is 8. The summed E-state index contributed by atoms with van der Waals surface area (Å²) in [4.78, 5) is 137. The molecule has 23 nitrogen and oxygen atoms in total. The van der Waals surface area contributed by atoms with Crippen LogP contribution in [0.4, 0.5) is 0 Å². The second kappa shape index (κ2) is 28.5. The third-order valence-electron chi connectivity index (χ3n) is 8.54. The second-order valence-corrected chi connectivity index (χ2v) is 13.5. The van der Waals surface area contributed by atoms with Crippen molar-refractivity contribution in [3.63, 3.8) is 0 Å². The van der Waals surface area contributed by atoms with E-state index in [1.807, 2.05) is 0 Å². The molecule has 0 aliphatic carbocycles. The van der Waals surface area contributed by atoms with Gasteiger partial charge in [0.2, 0.25) is 47.3 Å². The van der Waals surface area contributed by atoms with Gasteiger partial charge in [-0.1, -0.05) is 26.2 Å². The highest BCUT2D eigenvalue weighted by Gasteiger charge is 2.33. The number of nitrogens with two attached hydrogens (primary N) is 3. The highest BCUT2D eigenvalue weighted by atomic mass is 16.4. The summed E-state index contributed by atoms with van der Waals surface area (Å²) in [6.07, 6.45) is -1.36. The summed E-state index contributed by atoms with van der Waals surface area (Å²) in [6, 6.07) is -8.90. The Labute approximate surface area is 335 Å². The quantitative estimate of drug-likeness (QED) is 0.0300. The van der Waals surface area contributed by atoms with Crippen LogP contribution in [0.2, 0.25) is 0 Å². The molecular formula is C35H59N9O14. The van der Waals surface area contributed by atoms with Crippen LogP contribution in [0.1, 0.15) is 110 Å². The molecule has 58 heavy (non-hydrogen) atoms. The molecule has 0 fully saturated rings. The van der Waals surface area contributed by atoms with E-state index in [9.17, 15) is 63.0 Å². The molecule has 0 aliphatic heterocycles. The van der Waals surface area contributed by atoms with E-state index in [0.717, 1.165) is 0 Å². The maximum Gasteiger partial charge on any atom is 0.303 e. The summed E-state index contributed by atoms with van der Waals surface area (Å²) in [5.74, 6) is -11.5. The van der Waals surface area contributed by atoms with Crippen LogP contribution in [0.15, 0.2) is 0 Å². The van der Waals surface area contributed by atoms with Gasteiger partial charge >= 0.3 is 17.9 Å². The van der Waals surface area contributed by atoms with Crippen LogP contribution in [-0.4, -0.2) is 123 Å². The largest absolute Gasteiger partial charge is 0.481 e. The first-order chi connectivity index (χ1) is 27.2. The lowest BCUT2D eigenvalue weighted by Gasteiger charge is -2.27. The fourth-order valence-electron chi connectivity index (χ4n) is 5.19. The number of hydrogen-bond acceptors (Lipinski definition) is 12. The molecule has 0 rings (SSSR count). The van der Waals surface area contributed by atoms with Crippen molar-refractivity contribution < 1.29 is 68.1 Å². The summed E-state index contributed by atoms with van der Waals surface area (Å²) in [6.45, 7) is 3.45. The molecule has 0 aromatic rings. The Hall–Kier alpha value is -5.87.